The van der Waals surface area contributed by atoms with Gasteiger partial charge < -0.3 is 20.4 Å². The number of hydrogen-bond acceptors (Lipinski definition) is 5. The van der Waals surface area contributed by atoms with E-state index in [1.165, 1.54) is 18.4 Å². The van der Waals surface area contributed by atoms with Crippen LogP contribution < -0.4 is 5.32 Å². The molecule has 0 bridgehead atoms. The van der Waals surface area contributed by atoms with E-state index in [1.807, 2.05) is 0 Å². The van der Waals surface area contributed by atoms with E-state index in [-0.39, 0.29) is 29.5 Å². The van der Waals surface area contributed by atoms with Crippen molar-refractivity contribution in [2.75, 3.05) is 6.61 Å². The van der Waals surface area contributed by atoms with E-state index in [2.05, 4.69) is 30.4 Å². The smallest absolute Gasteiger partial charge is 0.326 e. The maximum atomic E-state index is 12.1. The third-order valence-corrected chi connectivity index (χ3v) is 9.55. The second kappa shape index (κ2) is 9.05. The van der Waals surface area contributed by atoms with E-state index in [4.69, 9.17) is 4.84 Å². The van der Waals surface area contributed by atoms with Crippen molar-refractivity contribution in [3.8, 4) is 0 Å². The Morgan fingerprint density at radius 2 is 1.91 bits per heavy atom. The molecule has 184 valence electrons. The van der Waals surface area contributed by atoms with Crippen molar-refractivity contribution in [1.29, 1.82) is 0 Å². The Kier molecular flexibility index (Phi) is 6.64. The number of carbonyl (C=O) groups is 2. The quantitative estimate of drug-likeness (QED) is 0.521. The summed E-state index contributed by atoms with van der Waals surface area (Å²) in [6.45, 7) is 7.96. The van der Waals surface area contributed by atoms with Crippen molar-refractivity contribution in [3.63, 3.8) is 0 Å². The van der Waals surface area contributed by atoms with Crippen LogP contribution in [0.1, 0.15) is 79.1 Å². The average Bonchev–Trinajstić information content (AvgIpc) is 3.06. The van der Waals surface area contributed by atoms with E-state index in [9.17, 15) is 19.8 Å². The molecule has 1 amide bonds. The Bertz CT molecular complexity index is 852. The minimum absolute atomic E-state index is 0.101. The molecule has 3 fully saturated rings. The molecule has 4 aliphatic rings. The maximum absolute atomic E-state index is 12.1. The number of nitrogens with one attached hydrogen (secondary N) is 1. The number of rotatable bonds is 6. The highest BCUT2D eigenvalue weighted by Crippen LogP contribution is 2.65. The molecule has 0 radical (unpaired) electrons. The molecule has 0 spiro atoms. The molecule has 0 aromatic rings. The Morgan fingerprint density at radius 3 is 2.61 bits per heavy atom. The number of hydrogen-bond donors (Lipinski definition) is 3. The van der Waals surface area contributed by atoms with E-state index < -0.39 is 17.9 Å². The van der Waals surface area contributed by atoms with E-state index >= 15 is 0 Å². The lowest BCUT2D eigenvalue weighted by atomic mass is 9.47. The lowest BCUT2D eigenvalue weighted by molar-refractivity contribution is -0.143. The van der Waals surface area contributed by atoms with E-state index in [0.717, 1.165) is 44.2 Å². The number of carboxylic acids is 1. The summed E-state index contributed by atoms with van der Waals surface area (Å²) in [6.07, 6.45) is 10.6. The summed E-state index contributed by atoms with van der Waals surface area (Å²) in [6, 6.07) is -0.931. The van der Waals surface area contributed by atoms with Crippen LogP contribution in [0.4, 0.5) is 0 Å². The molecule has 4 rings (SSSR count). The zero-order chi connectivity index (χ0) is 24.0. The van der Waals surface area contributed by atoms with Gasteiger partial charge in [-0.3, -0.25) is 4.79 Å². The Morgan fingerprint density at radius 1 is 1.15 bits per heavy atom. The van der Waals surface area contributed by atoms with Gasteiger partial charge in [0.15, 0.2) is 6.61 Å². The van der Waals surface area contributed by atoms with Crippen molar-refractivity contribution in [2.24, 2.45) is 39.7 Å². The molecular formula is C26H40N2O5. The number of allylic oxidation sites excluding steroid dienone is 2. The molecule has 0 aliphatic heterocycles. The lowest BCUT2D eigenvalue weighted by Crippen LogP contribution is -2.51. The molecule has 0 saturated heterocycles. The predicted molar refractivity (Wildman–Crippen MR) is 126 cm³/mol. The lowest BCUT2D eigenvalue weighted by Gasteiger charge is -2.57. The molecule has 7 heteroatoms. The Balaban J connectivity index is 1.39. The maximum Gasteiger partial charge on any atom is 0.326 e. The van der Waals surface area contributed by atoms with Crippen molar-refractivity contribution in [1.82, 2.24) is 5.32 Å². The van der Waals surface area contributed by atoms with E-state index in [1.54, 1.807) is 13.8 Å². The zero-order valence-corrected chi connectivity index (χ0v) is 20.5. The third kappa shape index (κ3) is 4.33. The van der Waals surface area contributed by atoms with Crippen LogP contribution in [0.3, 0.4) is 0 Å². The van der Waals surface area contributed by atoms with Crippen LogP contribution in [0.15, 0.2) is 16.8 Å². The number of fused-ring (bicyclic) bond motifs is 5. The molecule has 3 saturated carbocycles. The number of amides is 1. The van der Waals surface area contributed by atoms with Crippen LogP contribution in [0.5, 0.6) is 0 Å². The normalized spacial score (nSPS) is 39.8. The van der Waals surface area contributed by atoms with Crippen molar-refractivity contribution in [2.45, 2.75) is 91.2 Å². The first-order chi connectivity index (χ1) is 15.6. The second-order valence-corrected chi connectivity index (χ2v) is 11.6. The van der Waals surface area contributed by atoms with Crippen molar-refractivity contribution in [3.05, 3.63) is 11.6 Å². The van der Waals surface area contributed by atoms with Gasteiger partial charge in [0.25, 0.3) is 5.91 Å². The molecular weight excluding hydrogens is 420 g/mol. The zero-order valence-electron chi connectivity index (χ0n) is 20.5. The topological polar surface area (TPSA) is 108 Å². The molecule has 0 aromatic heterocycles. The van der Waals surface area contributed by atoms with Gasteiger partial charge in [-0.2, -0.15) is 0 Å². The summed E-state index contributed by atoms with van der Waals surface area (Å²) in [5, 5.41) is 26.6. The molecule has 0 heterocycles. The first-order valence-electron chi connectivity index (χ1n) is 12.7. The fourth-order valence-electron chi connectivity index (χ4n) is 7.52. The van der Waals surface area contributed by atoms with Crippen molar-refractivity contribution >= 4 is 17.6 Å². The van der Waals surface area contributed by atoms with Gasteiger partial charge in [-0.25, -0.2) is 4.79 Å². The number of oxime groups is 1. The van der Waals surface area contributed by atoms with Gasteiger partial charge in [-0.15, -0.1) is 0 Å². The molecule has 3 N–H and O–H groups in total. The van der Waals surface area contributed by atoms with Crippen LogP contribution >= 0.6 is 0 Å². The number of nitrogens with zero attached hydrogens (tertiary/aromatic N) is 1. The van der Waals surface area contributed by atoms with Gasteiger partial charge in [-0.05, 0) is 91.9 Å². The van der Waals surface area contributed by atoms with Gasteiger partial charge >= 0.3 is 5.97 Å². The first-order valence-corrected chi connectivity index (χ1v) is 12.7. The first kappa shape index (κ1) is 24.2. The highest BCUT2D eigenvalue weighted by Gasteiger charge is 2.58. The Hall–Kier alpha value is -1.89. The fourth-order valence-corrected chi connectivity index (χ4v) is 7.52. The summed E-state index contributed by atoms with van der Waals surface area (Å²) >= 11 is 0. The van der Waals surface area contributed by atoms with Gasteiger partial charge in [0.05, 0.1) is 11.8 Å². The minimum Gasteiger partial charge on any atom is -0.480 e. The van der Waals surface area contributed by atoms with Gasteiger partial charge in [-0.1, -0.05) is 38.4 Å². The summed E-state index contributed by atoms with van der Waals surface area (Å²) in [5.74, 6) is 0.272. The van der Waals surface area contributed by atoms with E-state index in [0.29, 0.717) is 17.8 Å². The number of carbonyl (C=O) groups excluding carboxylic acids is 1. The summed E-state index contributed by atoms with van der Waals surface area (Å²) in [7, 11) is 0. The van der Waals surface area contributed by atoms with Gasteiger partial charge in [0, 0.05) is 0 Å². The second-order valence-electron chi connectivity index (χ2n) is 11.6. The van der Waals surface area contributed by atoms with Crippen LogP contribution in [-0.4, -0.2) is 46.6 Å². The fraction of sp³-hybridized carbons (Fsp3) is 0.808. The highest BCUT2D eigenvalue weighted by atomic mass is 16.6. The molecule has 0 unspecified atom stereocenters. The number of aliphatic hydroxyl groups is 1. The largest absolute Gasteiger partial charge is 0.480 e. The molecule has 7 nitrogen and oxygen atoms in total. The third-order valence-electron chi connectivity index (χ3n) is 9.55. The van der Waals surface area contributed by atoms with Crippen molar-refractivity contribution < 1.29 is 24.6 Å². The number of aliphatic hydroxyl groups excluding tert-OH is 1. The molecule has 4 aliphatic carbocycles. The summed E-state index contributed by atoms with van der Waals surface area (Å²) in [5.41, 5.74) is 2.60. The van der Waals surface area contributed by atoms with Crippen LogP contribution in [0, 0.1) is 34.5 Å². The Labute approximate surface area is 197 Å². The average molecular weight is 461 g/mol. The van der Waals surface area contributed by atoms with Crippen LogP contribution in [0.25, 0.3) is 0 Å². The summed E-state index contributed by atoms with van der Waals surface area (Å²) < 4.78 is 0. The molecule has 7 atom stereocenters. The standard InChI is InChI=1S/C26H40N2O5/c1-15(2)23(24(31)32)27-22(30)14-33-28-17-9-11-25(3)16(13-17)5-6-18-19-7-8-21(29)26(19,4)12-10-20(18)25/h13,15,18-21,23,29H,5-12,14H2,1-4H3,(H,27,30)(H,31,32)/b28-17+/t18-,19+,20+,21-,23-,25-,26-/m0/s1. The number of aliphatic carboxylic acids is 1. The monoisotopic (exact) mass is 460 g/mol. The van der Waals surface area contributed by atoms with Crippen LogP contribution in [-0.2, 0) is 14.4 Å². The predicted octanol–water partition coefficient (Wildman–Crippen LogP) is 3.91. The summed E-state index contributed by atoms with van der Waals surface area (Å²) in [4.78, 5) is 28.6. The number of carboxylic acid groups (broad SMARTS) is 1. The van der Waals surface area contributed by atoms with Gasteiger partial charge in [0.2, 0.25) is 0 Å². The highest BCUT2D eigenvalue weighted by molar-refractivity contribution is 5.96. The molecule has 33 heavy (non-hydrogen) atoms. The molecule has 0 aromatic carbocycles. The SMILES string of the molecule is CC(C)[C@H](NC(=O)CO/N=C1/C=C2CC[C@H]3[C@H]4CC[C@H](O)[C@@]4(C)CC[C@H]3[C@@]2(C)CC1)C(=O)O. The van der Waals surface area contributed by atoms with Gasteiger partial charge in [0.1, 0.15) is 6.04 Å². The minimum atomic E-state index is -1.05. The van der Waals surface area contributed by atoms with Crippen LogP contribution in [0.2, 0.25) is 0 Å².